The number of nitrogen functional groups attached to an aromatic ring is 1. The van der Waals surface area contributed by atoms with Crippen LogP contribution in [0.2, 0.25) is 5.02 Å². The quantitative estimate of drug-likeness (QED) is 0.621. The zero-order chi connectivity index (χ0) is 14.3. The number of nitrogens with zero attached hydrogens (tertiary/aromatic N) is 3. The molecule has 19 heavy (non-hydrogen) atoms. The fourth-order valence-corrected chi connectivity index (χ4v) is 1.59. The third-order valence-corrected chi connectivity index (χ3v) is 2.48. The summed E-state index contributed by atoms with van der Waals surface area (Å²) in [6, 6.07) is 8.51. The molecule has 1 amide bonds. The van der Waals surface area contributed by atoms with E-state index in [-0.39, 0.29) is 25.5 Å². The van der Waals surface area contributed by atoms with Crippen LogP contribution in [0.25, 0.3) is 0 Å². The van der Waals surface area contributed by atoms with Gasteiger partial charge in [-0.25, -0.2) is 0 Å². The van der Waals surface area contributed by atoms with Crippen molar-refractivity contribution in [3.05, 3.63) is 23.2 Å². The minimum Gasteiger partial charge on any atom is -0.397 e. The van der Waals surface area contributed by atoms with Gasteiger partial charge in [-0.1, -0.05) is 11.6 Å². The van der Waals surface area contributed by atoms with Crippen LogP contribution in [0.15, 0.2) is 18.2 Å². The van der Waals surface area contributed by atoms with Gasteiger partial charge in [0.05, 0.1) is 43.1 Å². The van der Waals surface area contributed by atoms with Crippen molar-refractivity contribution in [3.8, 4) is 12.1 Å². The van der Waals surface area contributed by atoms with Crippen molar-refractivity contribution < 1.29 is 4.79 Å². The Hall–Kier alpha value is -2.28. The molecule has 0 aliphatic heterocycles. The molecule has 0 radical (unpaired) electrons. The summed E-state index contributed by atoms with van der Waals surface area (Å²) in [6.45, 7) is -0.0304. The summed E-state index contributed by atoms with van der Waals surface area (Å²) in [7, 11) is 0. The first-order valence-electron chi connectivity index (χ1n) is 5.38. The molecule has 0 aliphatic carbocycles. The zero-order valence-corrected chi connectivity index (χ0v) is 10.8. The molecule has 0 aliphatic rings. The lowest BCUT2D eigenvalue weighted by Gasteiger charge is -2.15. The maximum Gasteiger partial charge on any atom is 0.238 e. The lowest BCUT2D eigenvalue weighted by Crippen LogP contribution is -2.34. The Morgan fingerprint density at radius 1 is 1.37 bits per heavy atom. The van der Waals surface area contributed by atoms with Gasteiger partial charge in [0, 0.05) is 5.02 Å². The molecule has 0 fully saturated rings. The highest BCUT2D eigenvalue weighted by Crippen LogP contribution is 2.22. The maximum atomic E-state index is 11.7. The van der Waals surface area contributed by atoms with Crippen LogP contribution in [0, 0.1) is 22.7 Å². The predicted octanol–water partition coefficient (Wildman–Crippen LogP) is 1.21. The molecule has 1 aromatic carbocycles. The molecule has 0 aromatic heterocycles. The number of hydrogen-bond donors (Lipinski definition) is 2. The van der Waals surface area contributed by atoms with E-state index in [1.807, 2.05) is 12.1 Å². The fourth-order valence-electron chi connectivity index (χ4n) is 1.41. The Labute approximate surface area is 116 Å². The van der Waals surface area contributed by atoms with Gasteiger partial charge in [-0.2, -0.15) is 10.5 Å². The number of rotatable bonds is 5. The van der Waals surface area contributed by atoms with E-state index in [0.29, 0.717) is 16.4 Å². The van der Waals surface area contributed by atoms with Gasteiger partial charge in [0.1, 0.15) is 0 Å². The van der Waals surface area contributed by atoms with Gasteiger partial charge in [-0.15, -0.1) is 0 Å². The highest BCUT2D eigenvalue weighted by atomic mass is 35.5. The first-order chi connectivity index (χ1) is 9.06. The molecule has 0 saturated carbocycles. The summed E-state index contributed by atoms with van der Waals surface area (Å²) < 4.78 is 0. The lowest BCUT2D eigenvalue weighted by molar-refractivity contribution is -0.117. The Morgan fingerprint density at radius 2 is 2.00 bits per heavy atom. The van der Waals surface area contributed by atoms with Crippen LogP contribution in [0.3, 0.4) is 0 Å². The standard InChI is InChI=1S/C12H12ClN5O/c13-9-1-2-11(10(16)7-9)17-12(19)8-18(5-3-14)6-4-15/h1-2,7H,5-6,8,16H2,(H,17,19). The Bertz CT molecular complexity index is 530. The summed E-state index contributed by atoms with van der Waals surface area (Å²) in [4.78, 5) is 13.2. The number of anilines is 2. The number of halogens is 1. The number of nitrogens with two attached hydrogens (primary N) is 1. The molecular weight excluding hydrogens is 266 g/mol. The van der Waals surface area contributed by atoms with Crippen LogP contribution in [-0.4, -0.2) is 30.4 Å². The molecule has 1 rings (SSSR count). The van der Waals surface area contributed by atoms with Crippen molar-refractivity contribution in [2.45, 2.75) is 0 Å². The molecule has 0 atom stereocenters. The summed E-state index contributed by atoms with van der Waals surface area (Å²) in [5, 5.41) is 20.2. The minimum absolute atomic E-state index is 0.0110. The van der Waals surface area contributed by atoms with Gasteiger partial charge in [-0.3, -0.25) is 9.69 Å². The van der Waals surface area contributed by atoms with Crippen molar-refractivity contribution in [2.75, 3.05) is 30.7 Å². The van der Waals surface area contributed by atoms with E-state index >= 15 is 0 Å². The fraction of sp³-hybridized carbons (Fsp3) is 0.250. The molecule has 7 heteroatoms. The number of benzene rings is 1. The normalized spacial score (nSPS) is 9.68. The molecular formula is C12H12ClN5O. The Morgan fingerprint density at radius 3 is 2.53 bits per heavy atom. The Kier molecular flexibility index (Phi) is 5.62. The summed E-state index contributed by atoms with van der Waals surface area (Å²) in [6.07, 6.45) is 0. The maximum absolute atomic E-state index is 11.7. The first kappa shape index (κ1) is 14.8. The smallest absolute Gasteiger partial charge is 0.238 e. The topological polar surface area (TPSA) is 106 Å². The molecule has 1 aromatic rings. The number of hydrogen-bond acceptors (Lipinski definition) is 5. The molecule has 3 N–H and O–H groups in total. The van der Waals surface area contributed by atoms with Crippen LogP contribution in [0.5, 0.6) is 0 Å². The van der Waals surface area contributed by atoms with Crippen molar-refractivity contribution in [1.82, 2.24) is 4.90 Å². The van der Waals surface area contributed by atoms with Crippen LogP contribution in [-0.2, 0) is 4.79 Å². The van der Waals surface area contributed by atoms with Crippen molar-refractivity contribution in [1.29, 1.82) is 10.5 Å². The van der Waals surface area contributed by atoms with E-state index in [1.54, 1.807) is 12.1 Å². The van der Waals surface area contributed by atoms with Crippen molar-refractivity contribution in [3.63, 3.8) is 0 Å². The van der Waals surface area contributed by atoms with E-state index < -0.39 is 0 Å². The molecule has 0 spiro atoms. The lowest BCUT2D eigenvalue weighted by atomic mass is 10.2. The van der Waals surface area contributed by atoms with Crippen LogP contribution >= 0.6 is 11.6 Å². The van der Waals surface area contributed by atoms with Gasteiger partial charge in [0.2, 0.25) is 5.91 Å². The second-order valence-electron chi connectivity index (χ2n) is 3.74. The zero-order valence-electron chi connectivity index (χ0n) is 10.1. The van der Waals surface area contributed by atoms with Crippen molar-refractivity contribution >= 4 is 28.9 Å². The van der Waals surface area contributed by atoms with E-state index in [4.69, 9.17) is 27.9 Å². The third-order valence-electron chi connectivity index (χ3n) is 2.24. The number of carbonyl (C=O) groups is 1. The number of amides is 1. The van der Waals surface area contributed by atoms with Gasteiger partial charge in [0.25, 0.3) is 0 Å². The van der Waals surface area contributed by atoms with Crippen molar-refractivity contribution in [2.24, 2.45) is 0 Å². The average Bonchev–Trinajstić information content (AvgIpc) is 2.33. The number of nitriles is 2. The second kappa shape index (κ2) is 7.22. The summed E-state index contributed by atoms with van der Waals surface area (Å²) in [5.41, 5.74) is 6.50. The van der Waals surface area contributed by atoms with Gasteiger partial charge >= 0.3 is 0 Å². The number of carbonyl (C=O) groups excluding carboxylic acids is 1. The average molecular weight is 278 g/mol. The van der Waals surface area contributed by atoms with E-state index in [1.165, 1.54) is 11.0 Å². The summed E-state index contributed by atoms with van der Waals surface area (Å²) in [5.74, 6) is -0.348. The predicted molar refractivity (Wildman–Crippen MR) is 72.2 cm³/mol. The Balaban J connectivity index is 2.64. The van der Waals surface area contributed by atoms with Crippen LogP contribution in [0.1, 0.15) is 0 Å². The monoisotopic (exact) mass is 277 g/mol. The molecule has 0 saturated heterocycles. The van der Waals surface area contributed by atoms with Crippen LogP contribution < -0.4 is 11.1 Å². The minimum atomic E-state index is -0.348. The molecule has 0 bridgehead atoms. The molecule has 6 nitrogen and oxygen atoms in total. The third kappa shape index (κ3) is 4.84. The van der Waals surface area contributed by atoms with Gasteiger partial charge < -0.3 is 11.1 Å². The number of nitrogens with one attached hydrogen (secondary N) is 1. The highest BCUT2D eigenvalue weighted by Gasteiger charge is 2.11. The van der Waals surface area contributed by atoms with Gasteiger partial charge in [0.15, 0.2) is 0 Å². The highest BCUT2D eigenvalue weighted by molar-refractivity contribution is 6.31. The molecule has 0 heterocycles. The van der Waals surface area contributed by atoms with E-state index in [2.05, 4.69) is 5.32 Å². The molecule has 98 valence electrons. The summed E-state index contributed by atoms with van der Waals surface area (Å²) >= 11 is 5.75. The van der Waals surface area contributed by atoms with E-state index in [0.717, 1.165) is 0 Å². The van der Waals surface area contributed by atoms with Gasteiger partial charge in [-0.05, 0) is 18.2 Å². The SMILES string of the molecule is N#CCN(CC#N)CC(=O)Nc1ccc(Cl)cc1N. The van der Waals surface area contributed by atoms with E-state index in [9.17, 15) is 4.79 Å². The van der Waals surface area contributed by atoms with Crippen LogP contribution in [0.4, 0.5) is 11.4 Å². The largest absolute Gasteiger partial charge is 0.397 e. The first-order valence-corrected chi connectivity index (χ1v) is 5.75. The molecule has 0 unspecified atom stereocenters. The second-order valence-corrected chi connectivity index (χ2v) is 4.18.